The summed E-state index contributed by atoms with van der Waals surface area (Å²) in [6.45, 7) is 3.77. The van der Waals surface area contributed by atoms with Crippen LogP contribution in [0.3, 0.4) is 0 Å². The highest BCUT2D eigenvalue weighted by molar-refractivity contribution is 9.09. The van der Waals surface area contributed by atoms with E-state index >= 15 is 0 Å². The molecule has 0 saturated heterocycles. The normalized spacial score (nSPS) is 10.3. The number of methoxy groups -OCH3 is 1. The predicted molar refractivity (Wildman–Crippen MR) is 82.7 cm³/mol. The number of hydrogen-bond acceptors (Lipinski definition) is 5. The summed E-state index contributed by atoms with van der Waals surface area (Å²) in [5.74, 6) is 1.47. The van der Waals surface area contributed by atoms with Crippen LogP contribution in [0.2, 0.25) is 0 Å². The van der Waals surface area contributed by atoms with Crippen molar-refractivity contribution in [2.75, 3.05) is 12.4 Å². The zero-order valence-electron chi connectivity index (χ0n) is 12.0. The highest BCUT2D eigenvalue weighted by Gasteiger charge is 2.13. The van der Waals surface area contributed by atoms with Crippen molar-refractivity contribution in [2.45, 2.75) is 13.8 Å². The van der Waals surface area contributed by atoms with Crippen molar-refractivity contribution in [3.8, 4) is 17.5 Å². The van der Waals surface area contributed by atoms with Gasteiger partial charge in [0.2, 0.25) is 11.8 Å². The molecule has 1 aromatic heterocycles. The van der Waals surface area contributed by atoms with Gasteiger partial charge in [-0.05, 0) is 37.1 Å². The molecule has 0 bridgehead atoms. The van der Waals surface area contributed by atoms with Crippen molar-refractivity contribution in [2.24, 2.45) is 0 Å². The lowest BCUT2D eigenvalue weighted by molar-refractivity contribution is 0.102. The van der Waals surface area contributed by atoms with Crippen molar-refractivity contribution >= 4 is 21.7 Å². The largest absolute Gasteiger partial charge is 0.480 e. The van der Waals surface area contributed by atoms with E-state index in [1.807, 2.05) is 26.0 Å². The first-order chi connectivity index (χ1) is 10.0. The fraction of sp³-hybridized carbons (Fsp3) is 0.267. The number of alkyl halides is 1. The Balaban J connectivity index is 2.26. The Hall–Kier alpha value is -1.95. The molecule has 1 heterocycles. The molecule has 0 fully saturated rings. The zero-order chi connectivity index (χ0) is 15.4. The quantitative estimate of drug-likeness (QED) is 0.610. The van der Waals surface area contributed by atoms with Crippen LogP contribution in [0.25, 0.3) is 0 Å². The van der Waals surface area contributed by atoms with Crippen LogP contribution in [-0.4, -0.2) is 28.2 Å². The number of hydrogen-bond donors (Lipinski definition) is 0. The summed E-state index contributed by atoms with van der Waals surface area (Å²) < 4.78 is 10.6. The SMILES string of the molecule is COc1cnc(Oc2cc(C)c(C(=O)CBr)c(C)c2)cn1. The third kappa shape index (κ3) is 3.58. The molecule has 0 atom stereocenters. The van der Waals surface area contributed by atoms with Crippen molar-refractivity contribution in [3.05, 3.63) is 41.2 Å². The Kier molecular flexibility index (Phi) is 4.90. The van der Waals surface area contributed by atoms with Gasteiger partial charge in [0.1, 0.15) is 5.75 Å². The number of aromatic nitrogens is 2. The van der Waals surface area contributed by atoms with Crippen molar-refractivity contribution in [1.82, 2.24) is 9.97 Å². The molecule has 0 N–H and O–H groups in total. The topological polar surface area (TPSA) is 61.3 Å². The molecule has 0 saturated carbocycles. The lowest BCUT2D eigenvalue weighted by Crippen LogP contribution is -2.06. The Bertz CT molecular complexity index is 633. The molecule has 0 amide bonds. The van der Waals surface area contributed by atoms with Gasteiger partial charge >= 0.3 is 0 Å². The van der Waals surface area contributed by atoms with Crippen LogP contribution in [0.15, 0.2) is 24.5 Å². The van der Waals surface area contributed by atoms with Crippen LogP contribution in [0, 0.1) is 13.8 Å². The van der Waals surface area contributed by atoms with Gasteiger partial charge in [-0.25, -0.2) is 9.97 Å². The number of Topliss-reactive ketones (excluding diaryl/α,β-unsaturated/α-hetero) is 1. The first-order valence-electron chi connectivity index (χ1n) is 6.29. The van der Waals surface area contributed by atoms with Crippen molar-refractivity contribution < 1.29 is 14.3 Å². The molecule has 6 heteroatoms. The van der Waals surface area contributed by atoms with E-state index in [2.05, 4.69) is 25.9 Å². The number of carbonyl (C=O) groups is 1. The third-order valence-electron chi connectivity index (χ3n) is 2.94. The summed E-state index contributed by atoms with van der Waals surface area (Å²) in [7, 11) is 1.52. The molecular weight excluding hydrogens is 336 g/mol. The number of nitrogens with zero attached hydrogens (tertiary/aromatic N) is 2. The molecule has 21 heavy (non-hydrogen) atoms. The number of ether oxygens (including phenoxy) is 2. The molecule has 2 aromatic rings. The van der Waals surface area contributed by atoms with Crippen LogP contribution < -0.4 is 9.47 Å². The van der Waals surface area contributed by atoms with E-state index in [1.165, 1.54) is 19.5 Å². The monoisotopic (exact) mass is 350 g/mol. The second-order valence-corrected chi connectivity index (χ2v) is 5.05. The molecule has 0 spiro atoms. The van der Waals surface area contributed by atoms with E-state index < -0.39 is 0 Å². The Morgan fingerprint density at radius 3 is 2.19 bits per heavy atom. The van der Waals surface area contributed by atoms with Gasteiger partial charge in [-0.15, -0.1) is 0 Å². The number of ketones is 1. The Labute approximate surface area is 131 Å². The smallest absolute Gasteiger partial charge is 0.238 e. The lowest BCUT2D eigenvalue weighted by Gasteiger charge is -2.11. The highest BCUT2D eigenvalue weighted by atomic mass is 79.9. The summed E-state index contributed by atoms with van der Waals surface area (Å²) in [6.07, 6.45) is 2.97. The molecule has 0 aliphatic heterocycles. The van der Waals surface area contributed by atoms with E-state index in [9.17, 15) is 4.79 Å². The molecule has 0 radical (unpaired) electrons. The average Bonchev–Trinajstić information content (AvgIpc) is 2.47. The molecule has 110 valence electrons. The van der Waals surface area contributed by atoms with E-state index in [0.717, 1.165) is 16.7 Å². The van der Waals surface area contributed by atoms with Gasteiger partial charge in [0.25, 0.3) is 0 Å². The maximum absolute atomic E-state index is 11.9. The first-order valence-corrected chi connectivity index (χ1v) is 7.41. The van der Waals surface area contributed by atoms with E-state index in [-0.39, 0.29) is 5.78 Å². The molecule has 5 nitrogen and oxygen atoms in total. The maximum Gasteiger partial charge on any atom is 0.238 e. The van der Waals surface area contributed by atoms with Crippen LogP contribution in [0.4, 0.5) is 0 Å². The maximum atomic E-state index is 11.9. The van der Waals surface area contributed by atoms with Gasteiger partial charge in [0.15, 0.2) is 5.78 Å². The molecule has 2 rings (SSSR count). The molecule has 1 aromatic carbocycles. The average molecular weight is 351 g/mol. The number of carbonyl (C=O) groups excluding carboxylic acids is 1. The predicted octanol–water partition coefficient (Wildman–Crippen LogP) is 3.47. The minimum Gasteiger partial charge on any atom is -0.480 e. The minimum atomic E-state index is 0.0563. The van der Waals surface area contributed by atoms with Gasteiger partial charge in [-0.1, -0.05) is 15.9 Å². The van der Waals surface area contributed by atoms with E-state index in [0.29, 0.717) is 22.8 Å². The van der Waals surface area contributed by atoms with Crippen molar-refractivity contribution in [1.29, 1.82) is 0 Å². The standard InChI is InChI=1S/C15H15BrN2O3/c1-9-4-11(5-10(2)15(9)12(19)6-16)21-14-8-17-13(20-3)7-18-14/h4-5,7-8H,6H2,1-3H3. The van der Waals surface area contributed by atoms with Gasteiger partial charge in [-0.2, -0.15) is 0 Å². The third-order valence-corrected chi connectivity index (χ3v) is 3.45. The first kappa shape index (κ1) is 15.4. The van der Waals surface area contributed by atoms with Gasteiger partial charge in [-0.3, -0.25) is 4.79 Å². The van der Waals surface area contributed by atoms with E-state index in [4.69, 9.17) is 9.47 Å². The number of aryl methyl sites for hydroxylation is 2. The Morgan fingerprint density at radius 2 is 1.71 bits per heavy atom. The van der Waals surface area contributed by atoms with Crippen LogP contribution in [0.1, 0.15) is 21.5 Å². The van der Waals surface area contributed by atoms with Gasteiger partial charge in [0.05, 0.1) is 24.8 Å². The fourth-order valence-electron chi connectivity index (χ4n) is 2.07. The number of rotatable bonds is 5. The number of halogens is 1. The summed E-state index contributed by atoms with van der Waals surface area (Å²) in [5.41, 5.74) is 2.46. The molecular formula is C15H15BrN2O3. The summed E-state index contributed by atoms with van der Waals surface area (Å²) in [4.78, 5) is 20.0. The van der Waals surface area contributed by atoms with Crippen LogP contribution in [-0.2, 0) is 0 Å². The second kappa shape index (κ2) is 6.67. The van der Waals surface area contributed by atoms with Gasteiger partial charge in [0, 0.05) is 5.56 Å². The summed E-state index contributed by atoms with van der Waals surface area (Å²) >= 11 is 3.19. The van der Waals surface area contributed by atoms with Gasteiger partial charge < -0.3 is 9.47 Å². The highest BCUT2D eigenvalue weighted by Crippen LogP contribution is 2.26. The minimum absolute atomic E-state index is 0.0563. The molecule has 0 unspecified atom stereocenters. The summed E-state index contributed by atoms with van der Waals surface area (Å²) in [6, 6.07) is 3.63. The second-order valence-electron chi connectivity index (χ2n) is 4.49. The molecule has 0 aliphatic rings. The van der Waals surface area contributed by atoms with E-state index in [1.54, 1.807) is 0 Å². The zero-order valence-corrected chi connectivity index (χ0v) is 13.6. The fourth-order valence-corrected chi connectivity index (χ4v) is 2.35. The molecule has 0 aliphatic carbocycles. The van der Waals surface area contributed by atoms with Crippen LogP contribution >= 0.6 is 15.9 Å². The number of benzene rings is 1. The van der Waals surface area contributed by atoms with Crippen LogP contribution in [0.5, 0.6) is 17.5 Å². The lowest BCUT2D eigenvalue weighted by atomic mass is 9.99. The van der Waals surface area contributed by atoms with Crippen molar-refractivity contribution in [3.63, 3.8) is 0 Å². The summed E-state index contributed by atoms with van der Waals surface area (Å²) in [5, 5.41) is 0.304. The Morgan fingerprint density at radius 1 is 1.14 bits per heavy atom.